The van der Waals surface area contributed by atoms with E-state index in [0.29, 0.717) is 5.56 Å². The lowest BCUT2D eigenvalue weighted by atomic mass is 10.2. The summed E-state index contributed by atoms with van der Waals surface area (Å²) in [4.78, 5) is 0. The van der Waals surface area contributed by atoms with Crippen LogP contribution in [0, 0.1) is 0 Å². The van der Waals surface area contributed by atoms with Crippen LogP contribution in [0.1, 0.15) is 5.56 Å². The van der Waals surface area contributed by atoms with Crippen molar-refractivity contribution in [3.8, 4) is 0 Å². The Morgan fingerprint density at radius 2 is 1.56 bits per heavy atom. The van der Waals surface area contributed by atoms with Crippen molar-refractivity contribution in [1.29, 1.82) is 0 Å². The van der Waals surface area contributed by atoms with Crippen molar-refractivity contribution in [3.05, 3.63) is 35.9 Å². The van der Waals surface area contributed by atoms with E-state index in [4.69, 9.17) is 0 Å². The SMILES string of the molecule is Cl.NCC(F)(F)C(F)(F)COCc1ccccc1. The monoisotopic (exact) mass is 287 g/mol. The maximum atomic E-state index is 12.9. The molecule has 0 aliphatic heterocycles. The molecule has 0 unspecified atom stereocenters. The molecule has 104 valence electrons. The molecular formula is C11H14ClF4NO. The topological polar surface area (TPSA) is 35.2 Å². The molecule has 0 heterocycles. The second-order valence-electron chi connectivity index (χ2n) is 3.59. The third-order valence-electron chi connectivity index (χ3n) is 2.19. The smallest absolute Gasteiger partial charge is 0.334 e. The number of benzene rings is 1. The highest BCUT2D eigenvalue weighted by atomic mass is 35.5. The minimum absolute atomic E-state index is 0. The van der Waals surface area contributed by atoms with Gasteiger partial charge in [-0.3, -0.25) is 0 Å². The third kappa shape index (κ3) is 4.44. The second-order valence-corrected chi connectivity index (χ2v) is 3.59. The zero-order valence-corrected chi connectivity index (χ0v) is 10.2. The van der Waals surface area contributed by atoms with Crippen molar-refractivity contribution in [3.63, 3.8) is 0 Å². The number of hydrogen-bond acceptors (Lipinski definition) is 2. The first-order valence-electron chi connectivity index (χ1n) is 4.96. The minimum atomic E-state index is -4.25. The van der Waals surface area contributed by atoms with Crippen molar-refractivity contribution in [2.24, 2.45) is 5.73 Å². The van der Waals surface area contributed by atoms with Gasteiger partial charge in [-0.2, -0.15) is 17.6 Å². The van der Waals surface area contributed by atoms with E-state index >= 15 is 0 Å². The molecule has 0 aromatic heterocycles. The van der Waals surface area contributed by atoms with E-state index in [1.807, 2.05) is 0 Å². The molecule has 2 nitrogen and oxygen atoms in total. The summed E-state index contributed by atoms with van der Waals surface area (Å²) in [5.41, 5.74) is 5.23. The summed E-state index contributed by atoms with van der Waals surface area (Å²) >= 11 is 0. The van der Waals surface area contributed by atoms with E-state index in [0.717, 1.165) is 0 Å². The maximum absolute atomic E-state index is 12.9. The van der Waals surface area contributed by atoms with Crippen molar-refractivity contribution < 1.29 is 22.3 Å². The molecule has 0 aliphatic carbocycles. The average molecular weight is 288 g/mol. The summed E-state index contributed by atoms with van der Waals surface area (Å²) in [6.45, 7) is -2.90. The first kappa shape index (κ1) is 17.2. The predicted molar refractivity (Wildman–Crippen MR) is 62.3 cm³/mol. The van der Waals surface area contributed by atoms with Gasteiger partial charge < -0.3 is 10.5 Å². The van der Waals surface area contributed by atoms with E-state index in [9.17, 15) is 17.6 Å². The number of halogens is 5. The molecule has 2 N–H and O–H groups in total. The molecule has 0 aliphatic rings. The Morgan fingerprint density at radius 3 is 2.06 bits per heavy atom. The van der Waals surface area contributed by atoms with Crippen LogP contribution in [0.2, 0.25) is 0 Å². The van der Waals surface area contributed by atoms with Gasteiger partial charge in [0, 0.05) is 0 Å². The van der Waals surface area contributed by atoms with Crippen LogP contribution < -0.4 is 5.73 Å². The Balaban J connectivity index is 0.00000289. The lowest BCUT2D eigenvalue weighted by Gasteiger charge is -2.24. The van der Waals surface area contributed by atoms with Crippen molar-refractivity contribution in [1.82, 2.24) is 0 Å². The van der Waals surface area contributed by atoms with Crippen LogP contribution in [0.4, 0.5) is 17.6 Å². The minimum Gasteiger partial charge on any atom is -0.370 e. The molecule has 0 bridgehead atoms. The molecule has 0 atom stereocenters. The number of rotatable bonds is 6. The van der Waals surface area contributed by atoms with Gasteiger partial charge in [0.1, 0.15) is 6.61 Å². The van der Waals surface area contributed by atoms with E-state index in [-0.39, 0.29) is 19.0 Å². The molecule has 0 radical (unpaired) electrons. The van der Waals surface area contributed by atoms with Gasteiger partial charge in [0.25, 0.3) is 0 Å². The zero-order chi connectivity index (χ0) is 12.9. The first-order chi connectivity index (χ1) is 7.89. The van der Waals surface area contributed by atoms with Gasteiger partial charge in [0.2, 0.25) is 0 Å². The van der Waals surface area contributed by atoms with Gasteiger partial charge in [-0.1, -0.05) is 30.3 Å². The molecule has 1 rings (SSSR count). The summed E-state index contributed by atoms with van der Waals surface area (Å²) in [5, 5.41) is 0. The number of ether oxygens (including phenoxy) is 1. The lowest BCUT2D eigenvalue weighted by molar-refractivity contribution is -0.228. The Kier molecular flexibility index (Phi) is 6.59. The molecule has 18 heavy (non-hydrogen) atoms. The summed E-state index contributed by atoms with van der Waals surface area (Å²) in [6.07, 6.45) is 0. The van der Waals surface area contributed by atoms with Gasteiger partial charge in [-0.15, -0.1) is 12.4 Å². The van der Waals surface area contributed by atoms with Crippen LogP contribution in [0.25, 0.3) is 0 Å². The van der Waals surface area contributed by atoms with E-state index < -0.39 is 25.0 Å². The number of nitrogens with two attached hydrogens (primary N) is 1. The fourth-order valence-corrected chi connectivity index (χ4v) is 1.13. The highest BCUT2D eigenvalue weighted by Gasteiger charge is 2.55. The molecule has 0 saturated heterocycles. The van der Waals surface area contributed by atoms with Gasteiger partial charge in [0.05, 0.1) is 13.2 Å². The molecule has 0 fully saturated rings. The Morgan fingerprint density at radius 1 is 1.00 bits per heavy atom. The van der Waals surface area contributed by atoms with Gasteiger partial charge >= 0.3 is 11.8 Å². The standard InChI is InChI=1S/C11H13F4NO.ClH/c12-10(13,7-16)11(14,15)8-17-6-9-4-2-1-3-5-9;/h1-5H,6-8,16H2;1H. The van der Waals surface area contributed by atoms with E-state index in [1.54, 1.807) is 30.3 Å². The molecule has 7 heteroatoms. The molecule has 1 aromatic rings. The van der Waals surface area contributed by atoms with Crippen molar-refractivity contribution >= 4 is 12.4 Å². The quantitative estimate of drug-likeness (QED) is 0.817. The Labute approximate surface area is 109 Å². The Bertz CT molecular complexity index is 348. The van der Waals surface area contributed by atoms with Gasteiger partial charge in [0.15, 0.2) is 0 Å². The molecule has 0 saturated carbocycles. The van der Waals surface area contributed by atoms with Gasteiger partial charge in [-0.25, -0.2) is 0 Å². The fraction of sp³-hybridized carbons (Fsp3) is 0.455. The summed E-state index contributed by atoms with van der Waals surface area (Å²) < 4.78 is 55.9. The molecule has 1 aromatic carbocycles. The normalized spacial score (nSPS) is 12.1. The molecule has 0 spiro atoms. The van der Waals surface area contributed by atoms with Crippen LogP contribution in [0.15, 0.2) is 30.3 Å². The summed E-state index contributed by atoms with van der Waals surface area (Å²) in [5.74, 6) is -8.50. The van der Waals surface area contributed by atoms with Crippen LogP contribution in [0.3, 0.4) is 0 Å². The largest absolute Gasteiger partial charge is 0.370 e. The van der Waals surface area contributed by atoms with Crippen LogP contribution in [-0.2, 0) is 11.3 Å². The van der Waals surface area contributed by atoms with E-state index in [2.05, 4.69) is 10.5 Å². The first-order valence-corrected chi connectivity index (χ1v) is 4.96. The fourth-order valence-electron chi connectivity index (χ4n) is 1.13. The van der Waals surface area contributed by atoms with Gasteiger partial charge in [-0.05, 0) is 5.56 Å². The Hall–Kier alpha value is -0.850. The van der Waals surface area contributed by atoms with Crippen molar-refractivity contribution in [2.75, 3.05) is 13.2 Å². The lowest BCUT2D eigenvalue weighted by Crippen LogP contribution is -2.49. The third-order valence-corrected chi connectivity index (χ3v) is 2.19. The highest BCUT2D eigenvalue weighted by molar-refractivity contribution is 5.85. The average Bonchev–Trinajstić information content (AvgIpc) is 2.30. The number of hydrogen-bond donors (Lipinski definition) is 1. The van der Waals surface area contributed by atoms with Crippen LogP contribution in [0.5, 0.6) is 0 Å². The maximum Gasteiger partial charge on any atom is 0.334 e. The highest BCUT2D eigenvalue weighted by Crippen LogP contribution is 2.33. The summed E-state index contributed by atoms with van der Waals surface area (Å²) in [6, 6.07) is 8.45. The molecule has 0 amide bonds. The summed E-state index contributed by atoms with van der Waals surface area (Å²) in [7, 11) is 0. The molecular weight excluding hydrogens is 274 g/mol. The van der Waals surface area contributed by atoms with Crippen LogP contribution >= 0.6 is 12.4 Å². The predicted octanol–water partition coefficient (Wildman–Crippen LogP) is 2.85. The zero-order valence-electron chi connectivity index (χ0n) is 9.41. The number of alkyl halides is 4. The second kappa shape index (κ2) is 6.92. The van der Waals surface area contributed by atoms with E-state index in [1.165, 1.54) is 0 Å². The van der Waals surface area contributed by atoms with Crippen molar-refractivity contribution in [2.45, 2.75) is 18.5 Å². The van der Waals surface area contributed by atoms with Crippen LogP contribution in [-0.4, -0.2) is 25.0 Å².